The molecule has 0 amide bonds. The topological polar surface area (TPSA) is 46.5 Å². The van der Waals surface area contributed by atoms with Crippen LogP contribution in [0.5, 0.6) is 5.75 Å². The molecular formula is C13H17ClO3. The van der Waals surface area contributed by atoms with Crippen LogP contribution in [0.1, 0.15) is 25.8 Å². The molecule has 3 nitrogen and oxygen atoms in total. The van der Waals surface area contributed by atoms with Crippen molar-refractivity contribution in [3.63, 3.8) is 0 Å². The molecule has 0 aliphatic carbocycles. The standard InChI is InChI=1S/C13H17ClO3/c1-13(2,12(15)16)7-6-9-4-5-10(17-3)8-11(9)14/h4-5,8H,6-7H2,1-3H3,(H,15,16). The molecular weight excluding hydrogens is 240 g/mol. The molecule has 94 valence electrons. The molecule has 1 aromatic carbocycles. The average Bonchev–Trinajstić information content (AvgIpc) is 2.27. The summed E-state index contributed by atoms with van der Waals surface area (Å²) in [5.74, 6) is -0.0848. The number of rotatable bonds is 5. The number of ether oxygens (including phenoxy) is 1. The lowest BCUT2D eigenvalue weighted by molar-refractivity contribution is -0.147. The minimum atomic E-state index is -0.790. The van der Waals surface area contributed by atoms with Crippen LogP contribution in [0, 0.1) is 5.41 Å². The van der Waals surface area contributed by atoms with Crippen molar-refractivity contribution in [3.05, 3.63) is 28.8 Å². The molecule has 0 aromatic heterocycles. The molecule has 0 spiro atoms. The van der Waals surface area contributed by atoms with E-state index in [0.29, 0.717) is 23.6 Å². The fraction of sp³-hybridized carbons (Fsp3) is 0.462. The Labute approximate surface area is 106 Å². The van der Waals surface area contributed by atoms with E-state index < -0.39 is 11.4 Å². The number of benzene rings is 1. The predicted molar refractivity (Wildman–Crippen MR) is 67.7 cm³/mol. The molecule has 4 heteroatoms. The second kappa shape index (κ2) is 5.41. The second-order valence-electron chi connectivity index (χ2n) is 4.65. The Morgan fingerprint density at radius 1 is 1.47 bits per heavy atom. The summed E-state index contributed by atoms with van der Waals surface area (Å²) in [5.41, 5.74) is 0.213. The van der Waals surface area contributed by atoms with E-state index >= 15 is 0 Å². The number of methoxy groups -OCH3 is 1. The van der Waals surface area contributed by atoms with E-state index in [2.05, 4.69) is 0 Å². The van der Waals surface area contributed by atoms with Gasteiger partial charge >= 0.3 is 5.97 Å². The van der Waals surface area contributed by atoms with Gasteiger partial charge in [0.1, 0.15) is 5.75 Å². The summed E-state index contributed by atoms with van der Waals surface area (Å²) >= 11 is 6.09. The number of aryl methyl sites for hydroxylation is 1. The van der Waals surface area contributed by atoms with Gasteiger partial charge in [0.2, 0.25) is 0 Å². The molecule has 1 aromatic rings. The molecule has 1 N–H and O–H groups in total. The minimum absolute atomic E-state index is 0.550. The number of hydrogen-bond donors (Lipinski definition) is 1. The number of carboxylic acids is 1. The zero-order chi connectivity index (χ0) is 13.1. The minimum Gasteiger partial charge on any atom is -0.497 e. The average molecular weight is 257 g/mol. The third kappa shape index (κ3) is 3.63. The van der Waals surface area contributed by atoms with Gasteiger partial charge in [-0.25, -0.2) is 0 Å². The number of carboxylic acid groups (broad SMARTS) is 1. The molecule has 0 fully saturated rings. The van der Waals surface area contributed by atoms with Crippen molar-refractivity contribution in [3.8, 4) is 5.75 Å². The molecule has 0 saturated heterocycles. The summed E-state index contributed by atoms with van der Waals surface area (Å²) in [6.07, 6.45) is 1.19. The number of hydrogen-bond acceptors (Lipinski definition) is 2. The van der Waals surface area contributed by atoms with Crippen molar-refractivity contribution in [1.82, 2.24) is 0 Å². The Morgan fingerprint density at radius 2 is 2.12 bits per heavy atom. The molecule has 0 unspecified atom stereocenters. The van der Waals surface area contributed by atoms with Crippen LogP contribution in [0.2, 0.25) is 5.02 Å². The fourth-order valence-corrected chi connectivity index (χ4v) is 1.68. The summed E-state index contributed by atoms with van der Waals surface area (Å²) in [5, 5.41) is 9.63. The van der Waals surface area contributed by atoms with Gasteiger partial charge in [-0.05, 0) is 44.4 Å². The van der Waals surface area contributed by atoms with Gasteiger partial charge < -0.3 is 9.84 Å². The van der Waals surface area contributed by atoms with E-state index in [4.69, 9.17) is 21.4 Å². The Morgan fingerprint density at radius 3 is 2.59 bits per heavy atom. The zero-order valence-electron chi connectivity index (χ0n) is 10.3. The summed E-state index contributed by atoms with van der Waals surface area (Å²) in [7, 11) is 1.58. The number of carbonyl (C=O) groups is 1. The Hall–Kier alpha value is -1.22. The lowest BCUT2D eigenvalue weighted by Crippen LogP contribution is -2.24. The molecule has 0 aliphatic heterocycles. The summed E-state index contributed by atoms with van der Waals surface area (Å²) in [4.78, 5) is 11.0. The third-order valence-electron chi connectivity index (χ3n) is 2.86. The van der Waals surface area contributed by atoms with Crippen molar-refractivity contribution in [1.29, 1.82) is 0 Å². The summed E-state index contributed by atoms with van der Waals surface area (Å²) in [6, 6.07) is 5.44. The van der Waals surface area contributed by atoms with Gasteiger partial charge in [-0.2, -0.15) is 0 Å². The lowest BCUT2D eigenvalue weighted by Gasteiger charge is -2.19. The smallest absolute Gasteiger partial charge is 0.309 e. The third-order valence-corrected chi connectivity index (χ3v) is 3.21. The van der Waals surface area contributed by atoms with Crippen LogP contribution in [-0.4, -0.2) is 18.2 Å². The lowest BCUT2D eigenvalue weighted by atomic mass is 9.86. The zero-order valence-corrected chi connectivity index (χ0v) is 11.0. The first-order chi connectivity index (χ1) is 7.86. The van der Waals surface area contributed by atoms with Gasteiger partial charge in [-0.15, -0.1) is 0 Å². The second-order valence-corrected chi connectivity index (χ2v) is 5.05. The van der Waals surface area contributed by atoms with Gasteiger partial charge in [0.15, 0.2) is 0 Å². The molecule has 1 rings (SSSR count). The van der Waals surface area contributed by atoms with Crippen molar-refractivity contribution in [2.45, 2.75) is 26.7 Å². The number of halogens is 1. The molecule has 0 bridgehead atoms. The van der Waals surface area contributed by atoms with Crippen molar-refractivity contribution in [2.24, 2.45) is 5.41 Å². The normalized spacial score (nSPS) is 11.3. The van der Waals surface area contributed by atoms with Crippen LogP contribution in [0.3, 0.4) is 0 Å². The first kappa shape index (κ1) is 13.8. The first-order valence-electron chi connectivity index (χ1n) is 5.42. The van der Waals surface area contributed by atoms with Crippen LogP contribution in [-0.2, 0) is 11.2 Å². The van der Waals surface area contributed by atoms with E-state index in [1.54, 1.807) is 27.0 Å². The molecule has 0 aliphatic rings. The van der Waals surface area contributed by atoms with Gasteiger partial charge in [-0.1, -0.05) is 17.7 Å². The van der Waals surface area contributed by atoms with Crippen LogP contribution in [0.25, 0.3) is 0 Å². The first-order valence-corrected chi connectivity index (χ1v) is 5.80. The van der Waals surface area contributed by atoms with E-state index in [0.717, 1.165) is 5.56 Å². The monoisotopic (exact) mass is 256 g/mol. The quantitative estimate of drug-likeness (QED) is 0.878. The SMILES string of the molecule is COc1ccc(CCC(C)(C)C(=O)O)c(Cl)c1. The maximum Gasteiger partial charge on any atom is 0.309 e. The van der Waals surface area contributed by atoms with E-state index in [1.165, 1.54) is 0 Å². The Balaban J connectivity index is 2.73. The van der Waals surface area contributed by atoms with Crippen molar-refractivity contribution >= 4 is 17.6 Å². The molecule has 0 saturated carbocycles. The van der Waals surface area contributed by atoms with Crippen molar-refractivity contribution < 1.29 is 14.6 Å². The van der Waals surface area contributed by atoms with E-state index in [9.17, 15) is 4.79 Å². The van der Waals surface area contributed by atoms with E-state index in [-0.39, 0.29) is 0 Å². The predicted octanol–water partition coefficient (Wildman–Crippen LogP) is 3.39. The van der Waals surface area contributed by atoms with Gasteiger partial charge in [-0.3, -0.25) is 4.79 Å². The van der Waals surface area contributed by atoms with Gasteiger partial charge in [0, 0.05) is 5.02 Å². The van der Waals surface area contributed by atoms with Gasteiger partial charge in [0.25, 0.3) is 0 Å². The molecule has 17 heavy (non-hydrogen) atoms. The van der Waals surface area contributed by atoms with Crippen LogP contribution < -0.4 is 4.74 Å². The maximum absolute atomic E-state index is 11.0. The van der Waals surface area contributed by atoms with Crippen LogP contribution in [0.4, 0.5) is 0 Å². The summed E-state index contributed by atoms with van der Waals surface area (Å²) in [6.45, 7) is 3.43. The molecule has 0 atom stereocenters. The molecule has 0 radical (unpaired) electrons. The Kier molecular flexibility index (Phi) is 4.40. The highest BCUT2D eigenvalue weighted by molar-refractivity contribution is 6.31. The van der Waals surface area contributed by atoms with Gasteiger partial charge in [0.05, 0.1) is 12.5 Å². The molecule has 0 heterocycles. The van der Waals surface area contributed by atoms with Crippen molar-refractivity contribution in [2.75, 3.05) is 7.11 Å². The van der Waals surface area contributed by atoms with Crippen LogP contribution >= 0.6 is 11.6 Å². The van der Waals surface area contributed by atoms with E-state index in [1.807, 2.05) is 12.1 Å². The fourth-order valence-electron chi connectivity index (χ4n) is 1.41. The maximum atomic E-state index is 11.0. The highest BCUT2D eigenvalue weighted by atomic mass is 35.5. The Bertz CT molecular complexity index is 413. The highest BCUT2D eigenvalue weighted by Gasteiger charge is 2.26. The largest absolute Gasteiger partial charge is 0.497 e. The summed E-state index contributed by atoms with van der Waals surface area (Å²) < 4.78 is 5.06. The highest BCUT2D eigenvalue weighted by Crippen LogP contribution is 2.28. The number of aliphatic carboxylic acids is 1. The van der Waals surface area contributed by atoms with Crippen LogP contribution in [0.15, 0.2) is 18.2 Å².